The third kappa shape index (κ3) is 7.03. The number of nitrogens with zero attached hydrogens (tertiary/aromatic N) is 7. The molecule has 298 valence electrons. The topological polar surface area (TPSA) is 89.2 Å². The van der Waals surface area contributed by atoms with Gasteiger partial charge in [-0.15, -0.1) is 0 Å². The summed E-state index contributed by atoms with van der Waals surface area (Å²) in [6.45, 7) is 0.431. The van der Waals surface area contributed by atoms with E-state index in [9.17, 15) is 4.79 Å². The van der Waals surface area contributed by atoms with Gasteiger partial charge in [0, 0.05) is 38.5 Å². The van der Waals surface area contributed by atoms with E-state index in [4.69, 9.17) is 48.2 Å². The zero-order valence-electron chi connectivity index (χ0n) is 33.2. The molecule has 0 saturated heterocycles. The number of para-hydroxylation sites is 1. The highest BCUT2D eigenvalue weighted by Crippen LogP contribution is 2.36. The number of halogens is 2. The van der Waals surface area contributed by atoms with E-state index >= 15 is 0 Å². The van der Waals surface area contributed by atoms with Crippen molar-refractivity contribution in [2.24, 2.45) is 5.10 Å². The Kier molecular flexibility index (Phi) is 9.52. The molecular formula is C52H35Cl2N7O. The third-order valence-corrected chi connectivity index (χ3v) is 12.0. The van der Waals surface area contributed by atoms with Gasteiger partial charge >= 0.3 is 0 Å². The van der Waals surface area contributed by atoms with Crippen LogP contribution in [0.2, 0.25) is 10.0 Å². The summed E-state index contributed by atoms with van der Waals surface area (Å²) < 4.78 is 2.17. The maximum Gasteiger partial charge on any atom is 0.274 e. The molecule has 1 aliphatic heterocycles. The predicted octanol–water partition coefficient (Wildman–Crippen LogP) is 12.6. The fourth-order valence-corrected chi connectivity index (χ4v) is 8.75. The molecule has 1 amide bonds. The van der Waals surface area contributed by atoms with Crippen molar-refractivity contribution in [1.82, 2.24) is 29.5 Å². The van der Waals surface area contributed by atoms with E-state index < -0.39 is 0 Å². The van der Waals surface area contributed by atoms with Crippen molar-refractivity contribution in [2.45, 2.75) is 25.4 Å². The Hall–Kier alpha value is -7.26. The second kappa shape index (κ2) is 15.6. The number of carbonyl (C=O) groups is 1. The molecule has 3 aromatic heterocycles. The second-order valence-electron chi connectivity index (χ2n) is 15.6. The molecule has 0 fully saturated rings. The van der Waals surface area contributed by atoms with Crippen LogP contribution >= 0.6 is 23.2 Å². The molecule has 0 bridgehead atoms. The summed E-state index contributed by atoms with van der Waals surface area (Å²) in [5, 5.41) is 8.77. The van der Waals surface area contributed by atoms with Crippen molar-refractivity contribution in [3.63, 3.8) is 0 Å². The molecule has 10 heteroatoms. The average molecular weight is 845 g/mol. The van der Waals surface area contributed by atoms with Crippen molar-refractivity contribution in [2.75, 3.05) is 0 Å². The summed E-state index contributed by atoms with van der Waals surface area (Å²) in [6.07, 6.45) is 1.23. The van der Waals surface area contributed by atoms with Crippen LogP contribution in [0.1, 0.15) is 39.5 Å². The number of hydrazone groups is 1. The van der Waals surface area contributed by atoms with Crippen molar-refractivity contribution in [3.8, 4) is 22.5 Å². The monoisotopic (exact) mass is 843 g/mol. The number of amides is 1. The first-order valence-electron chi connectivity index (χ1n) is 20.4. The van der Waals surface area contributed by atoms with Gasteiger partial charge in [-0.3, -0.25) is 4.79 Å². The van der Waals surface area contributed by atoms with E-state index in [-0.39, 0.29) is 11.9 Å². The summed E-state index contributed by atoms with van der Waals surface area (Å²) in [5.74, 6) is -0.203. The SMILES string of the molecule is O=C(c1ccc(Cl)cc1)N1N=C(Cn2c3ccccc3c3nc4cc(Cc5ccc6nc(-c7ccccc7)c(-c7ccccc7)nc6c5)ccc4nc32)CC1c1ccc(Cl)cc1. The van der Waals surface area contributed by atoms with Gasteiger partial charge in [0.05, 0.1) is 57.3 Å². The fourth-order valence-electron chi connectivity index (χ4n) is 8.50. The molecule has 1 aliphatic rings. The first-order valence-corrected chi connectivity index (χ1v) is 21.2. The molecule has 11 rings (SSSR count). The quantitative estimate of drug-likeness (QED) is 0.152. The Morgan fingerprint density at radius 1 is 0.581 bits per heavy atom. The fraction of sp³-hybridized carbons (Fsp3) is 0.0769. The highest BCUT2D eigenvalue weighted by molar-refractivity contribution is 6.31. The van der Waals surface area contributed by atoms with E-state index in [2.05, 4.69) is 77.4 Å². The maximum absolute atomic E-state index is 14.0. The van der Waals surface area contributed by atoms with Crippen LogP contribution in [-0.4, -0.2) is 41.1 Å². The minimum absolute atomic E-state index is 0.203. The lowest BCUT2D eigenvalue weighted by Gasteiger charge is -2.22. The van der Waals surface area contributed by atoms with Gasteiger partial charge in [-0.2, -0.15) is 5.10 Å². The van der Waals surface area contributed by atoms with Crippen LogP contribution < -0.4 is 0 Å². The molecule has 62 heavy (non-hydrogen) atoms. The first kappa shape index (κ1) is 37.7. The molecule has 10 aromatic rings. The molecule has 0 saturated carbocycles. The van der Waals surface area contributed by atoms with E-state index in [1.807, 2.05) is 72.8 Å². The van der Waals surface area contributed by atoms with E-state index in [1.165, 1.54) is 0 Å². The minimum Gasteiger partial charge on any atom is -0.318 e. The molecule has 0 radical (unpaired) electrons. The standard InChI is InChI=1S/C52H35Cl2N7O/c53-38-21-17-34(18-22-38)47-30-40(59-61(47)52(62)37-19-23-39(54)24-20-37)31-60-46-14-8-7-13-41(46)50-51(60)58-43-26-16-33(29-45(43)57-50)27-32-15-25-42-44(28-32)56-49(36-11-5-2-6-12-36)48(55-42)35-9-3-1-4-10-35/h1-26,28-29,47H,27,30-31H2. The van der Waals surface area contributed by atoms with Crippen LogP contribution in [0.3, 0.4) is 0 Å². The van der Waals surface area contributed by atoms with E-state index in [1.54, 1.807) is 29.3 Å². The van der Waals surface area contributed by atoms with Gasteiger partial charge in [0.15, 0.2) is 5.65 Å². The third-order valence-electron chi connectivity index (χ3n) is 11.5. The summed E-state index contributed by atoms with van der Waals surface area (Å²) in [7, 11) is 0. The van der Waals surface area contributed by atoms with Gasteiger partial charge in [0.25, 0.3) is 5.91 Å². The van der Waals surface area contributed by atoms with Crippen molar-refractivity contribution >= 4 is 79.0 Å². The first-order chi connectivity index (χ1) is 30.4. The predicted molar refractivity (Wildman–Crippen MR) is 250 cm³/mol. The molecule has 0 spiro atoms. The number of carbonyl (C=O) groups excluding carboxylic acids is 1. The molecule has 7 aromatic carbocycles. The number of benzene rings is 7. The zero-order chi connectivity index (χ0) is 41.7. The van der Waals surface area contributed by atoms with Crippen LogP contribution in [0, 0.1) is 0 Å². The van der Waals surface area contributed by atoms with Crippen molar-refractivity contribution in [1.29, 1.82) is 0 Å². The molecule has 8 nitrogen and oxygen atoms in total. The molecule has 4 heterocycles. The zero-order valence-corrected chi connectivity index (χ0v) is 34.7. The summed E-state index contributed by atoms with van der Waals surface area (Å²) >= 11 is 12.4. The second-order valence-corrected chi connectivity index (χ2v) is 16.4. The van der Waals surface area contributed by atoms with E-state index in [0.29, 0.717) is 35.0 Å². The highest BCUT2D eigenvalue weighted by Gasteiger charge is 2.34. The molecule has 1 atom stereocenters. The van der Waals surface area contributed by atoms with Crippen LogP contribution in [0.5, 0.6) is 0 Å². The Morgan fingerprint density at radius 3 is 1.81 bits per heavy atom. The van der Waals surface area contributed by atoms with Crippen molar-refractivity contribution in [3.05, 3.63) is 202 Å². The molecule has 1 unspecified atom stereocenters. The summed E-state index contributed by atoms with van der Waals surface area (Å²) in [4.78, 5) is 34.8. The highest BCUT2D eigenvalue weighted by atomic mass is 35.5. The largest absolute Gasteiger partial charge is 0.318 e. The molecule has 0 N–H and O–H groups in total. The van der Waals surface area contributed by atoms with Crippen LogP contribution in [0.15, 0.2) is 175 Å². The number of hydrogen-bond donors (Lipinski definition) is 0. The van der Waals surface area contributed by atoms with Crippen molar-refractivity contribution < 1.29 is 4.79 Å². The summed E-state index contributed by atoms with van der Waals surface area (Å²) in [6, 6.07) is 55.6. The maximum atomic E-state index is 14.0. The van der Waals surface area contributed by atoms with Gasteiger partial charge in [-0.1, -0.05) is 126 Å². The lowest BCUT2D eigenvalue weighted by Crippen LogP contribution is -2.27. The Morgan fingerprint density at radius 2 is 1.15 bits per heavy atom. The van der Waals surface area contributed by atoms with Gasteiger partial charge in [0.1, 0.15) is 5.52 Å². The number of hydrogen-bond acceptors (Lipinski definition) is 6. The Labute approximate surface area is 366 Å². The molecular weight excluding hydrogens is 810 g/mol. The minimum atomic E-state index is -0.309. The number of rotatable bonds is 8. The normalized spacial score (nSPS) is 14.0. The lowest BCUT2D eigenvalue weighted by atomic mass is 10.0. The van der Waals surface area contributed by atoms with Gasteiger partial charge in [-0.05, 0) is 89.8 Å². The van der Waals surface area contributed by atoms with E-state index in [0.717, 1.165) is 89.1 Å². The molecule has 0 aliphatic carbocycles. The Balaban J connectivity index is 0.930. The van der Waals surface area contributed by atoms with Gasteiger partial charge in [0.2, 0.25) is 0 Å². The van der Waals surface area contributed by atoms with Crippen LogP contribution in [0.25, 0.3) is 66.6 Å². The number of fused-ring (bicyclic) bond motifs is 5. The number of aromatic nitrogens is 5. The lowest BCUT2D eigenvalue weighted by molar-refractivity contribution is 0.0711. The smallest absolute Gasteiger partial charge is 0.274 e. The van der Waals surface area contributed by atoms with Crippen LogP contribution in [0.4, 0.5) is 0 Å². The van der Waals surface area contributed by atoms with Crippen LogP contribution in [-0.2, 0) is 13.0 Å². The summed E-state index contributed by atoms with van der Waals surface area (Å²) in [5.41, 5.74) is 14.2. The van der Waals surface area contributed by atoms with Gasteiger partial charge < -0.3 is 4.57 Å². The van der Waals surface area contributed by atoms with Gasteiger partial charge in [-0.25, -0.2) is 24.9 Å². The Bertz CT molecular complexity index is 3370. The average Bonchev–Trinajstić information content (AvgIpc) is 3.87.